The van der Waals surface area contributed by atoms with Gasteiger partial charge in [-0.2, -0.15) is 4.31 Å². The molecule has 0 heterocycles. The van der Waals surface area contributed by atoms with Crippen molar-refractivity contribution in [3.05, 3.63) is 29.8 Å². The fourth-order valence-corrected chi connectivity index (χ4v) is 4.32. The van der Waals surface area contributed by atoms with E-state index in [2.05, 4.69) is 0 Å². The van der Waals surface area contributed by atoms with Crippen molar-refractivity contribution in [2.75, 3.05) is 19.7 Å². The minimum atomic E-state index is -4.19. The predicted octanol–water partition coefficient (Wildman–Crippen LogP) is 2.10. The minimum absolute atomic E-state index is 0.0214. The minimum Gasteiger partial charge on any atom is -0.395 e. The zero-order valence-electron chi connectivity index (χ0n) is 14.1. The molecule has 3 N–H and O–H groups in total. The van der Waals surface area contributed by atoms with E-state index in [1.54, 1.807) is 0 Å². The van der Waals surface area contributed by atoms with Crippen molar-refractivity contribution in [3.63, 3.8) is 0 Å². The Morgan fingerprint density at radius 2 is 1.92 bits per heavy atom. The average molecular weight is 364 g/mol. The highest BCUT2D eigenvalue weighted by molar-refractivity contribution is 7.89. The average Bonchev–Trinajstić information content (AvgIpc) is 2.49. The second kappa shape index (κ2) is 9.41. The van der Waals surface area contributed by atoms with E-state index in [0.29, 0.717) is 31.9 Å². The van der Waals surface area contributed by atoms with Crippen LogP contribution in [0.4, 0.5) is 8.78 Å². The van der Waals surface area contributed by atoms with Crippen LogP contribution in [0.5, 0.6) is 0 Å². The van der Waals surface area contributed by atoms with Crippen LogP contribution >= 0.6 is 0 Å². The monoisotopic (exact) mass is 364 g/mol. The molecular formula is C16H26F2N2O3S. The van der Waals surface area contributed by atoms with Crippen LogP contribution in [-0.4, -0.2) is 43.6 Å². The summed E-state index contributed by atoms with van der Waals surface area (Å²) < 4.78 is 53.9. The lowest BCUT2D eigenvalue weighted by atomic mass is 10.1. The summed E-state index contributed by atoms with van der Waals surface area (Å²) >= 11 is 0. The third kappa shape index (κ3) is 5.47. The van der Waals surface area contributed by atoms with E-state index in [0.717, 1.165) is 16.4 Å². The van der Waals surface area contributed by atoms with E-state index in [1.165, 1.54) is 0 Å². The summed E-state index contributed by atoms with van der Waals surface area (Å²) in [4.78, 5) is -0.582. The van der Waals surface area contributed by atoms with Gasteiger partial charge in [0, 0.05) is 18.7 Å². The van der Waals surface area contributed by atoms with Crippen LogP contribution in [0.25, 0.3) is 0 Å². The number of nitrogens with two attached hydrogens (primary N) is 1. The summed E-state index contributed by atoms with van der Waals surface area (Å²) in [6.07, 6.45) is 1.77. The first-order chi connectivity index (χ1) is 11.2. The van der Waals surface area contributed by atoms with Gasteiger partial charge in [-0.15, -0.1) is 0 Å². The van der Waals surface area contributed by atoms with E-state index in [1.807, 2.05) is 13.8 Å². The number of benzene rings is 1. The van der Waals surface area contributed by atoms with Gasteiger partial charge in [0.1, 0.15) is 16.5 Å². The molecule has 0 aromatic heterocycles. The molecule has 5 nitrogen and oxygen atoms in total. The Balaban J connectivity index is 3.20. The van der Waals surface area contributed by atoms with Crippen LogP contribution in [0.2, 0.25) is 0 Å². The lowest BCUT2D eigenvalue weighted by Gasteiger charge is -2.31. The topological polar surface area (TPSA) is 83.6 Å². The number of aliphatic hydroxyl groups excluding tert-OH is 1. The van der Waals surface area contributed by atoms with Crippen molar-refractivity contribution in [3.8, 4) is 0 Å². The predicted molar refractivity (Wildman–Crippen MR) is 88.9 cm³/mol. The van der Waals surface area contributed by atoms with Crippen molar-refractivity contribution in [1.29, 1.82) is 0 Å². The van der Waals surface area contributed by atoms with Gasteiger partial charge >= 0.3 is 0 Å². The first-order valence-electron chi connectivity index (χ1n) is 8.01. The Morgan fingerprint density at radius 1 is 1.25 bits per heavy atom. The van der Waals surface area contributed by atoms with Crippen molar-refractivity contribution >= 4 is 10.0 Å². The molecular weight excluding hydrogens is 338 g/mol. The second-order valence-corrected chi connectivity index (χ2v) is 8.02. The molecule has 0 aliphatic rings. The van der Waals surface area contributed by atoms with Crippen LogP contribution in [-0.2, 0) is 10.0 Å². The number of aliphatic hydroxyl groups is 1. The molecule has 138 valence electrons. The van der Waals surface area contributed by atoms with E-state index < -0.39 is 32.6 Å². The van der Waals surface area contributed by atoms with Crippen molar-refractivity contribution in [2.45, 2.75) is 44.0 Å². The zero-order valence-corrected chi connectivity index (χ0v) is 14.9. The molecule has 0 radical (unpaired) electrons. The quantitative estimate of drug-likeness (QED) is 0.623. The van der Waals surface area contributed by atoms with Crippen LogP contribution in [0.3, 0.4) is 0 Å². The summed E-state index contributed by atoms with van der Waals surface area (Å²) in [6, 6.07) is 1.70. The molecule has 0 aliphatic heterocycles. The summed E-state index contributed by atoms with van der Waals surface area (Å²) in [7, 11) is -4.19. The molecule has 0 bridgehead atoms. The molecule has 0 spiro atoms. The molecule has 0 aliphatic carbocycles. The maximum atomic E-state index is 14.0. The molecule has 0 fully saturated rings. The number of hydrogen-bond donors (Lipinski definition) is 2. The van der Waals surface area contributed by atoms with Gasteiger partial charge in [-0.25, -0.2) is 17.2 Å². The fourth-order valence-electron chi connectivity index (χ4n) is 2.46. The first kappa shape index (κ1) is 21.0. The Hall–Kier alpha value is -1.09. The second-order valence-electron chi connectivity index (χ2n) is 6.16. The third-order valence-electron chi connectivity index (χ3n) is 3.64. The lowest BCUT2D eigenvalue weighted by Crippen LogP contribution is -2.44. The highest BCUT2D eigenvalue weighted by Gasteiger charge is 2.33. The summed E-state index contributed by atoms with van der Waals surface area (Å²) in [5.41, 5.74) is 5.44. The van der Waals surface area contributed by atoms with Crippen molar-refractivity contribution in [1.82, 2.24) is 4.31 Å². The van der Waals surface area contributed by atoms with Crippen molar-refractivity contribution in [2.24, 2.45) is 11.7 Å². The Morgan fingerprint density at radius 3 is 2.42 bits per heavy atom. The SMILES string of the molecule is CC(C)CN(C(CO)CCCCN)S(=O)(=O)c1ccc(F)cc1F. The first-order valence-corrected chi connectivity index (χ1v) is 9.45. The van der Waals surface area contributed by atoms with E-state index in [9.17, 15) is 22.3 Å². The van der Waals surface area contributed by atoms with Crippen LogP contribution in [0.15, 0.2) is 23.1 Å². The highest BCUT2D eigenvalue weighted by atomic mass is 32.2. The molecule has 1 atom stereocenters. The van der Waals surface area contributed by atoms with E-state index >= 15 is 0 Å². The molecule has 0 saturated carbocycles. The lowest BCUT2D eigenvalue weighted by molar-refractivity contribution is 0.168. The van der Waals surface area contributed by atoms with Gasteiger partial charge < -0.3 is 10.8 Å². The summed E-state index contributed by atoms with van der Waals surface area (Å²) in [6.45, 7) is 3.89. The van der Waals surface area contributed by atoms with Gasteiger partial charge in [0.15, 0.2) is 0 Å². The molecule has 8 heteroatoms. The van der Waals surface area contributed by atoms with Gasteiger partial charge in [-0.1, -0.05) is 20.3 Å². The van der Waals surface area contributed by atoms with Crippen molar-refractivity contribution < 1.29 is 22.3 Å². The van der Waals surface area contributed by atoms with E-state index in [4.69, 9.17) is 5.73 Å². The molecule has 1 rings (SSSR count). The Bertz CT molecular complexity index is 624. The van der Waals surface area contributed by atoms with Crippen LogP contribution < -0.4 is 5.73 Å². The maximum Gasteiger partial charge on any atom is 0.246 e. The Labute approximate surface area is 142 Å². The number of unbranched alkanes of at least 4 members (excludes halogenated alkanes) is 1. The van der Waals surface area contributed by atoms with Gasteiger partial charge in [0.25, 0.3) is 0 Å². The molecule has 0 amide bonds. The van der Waals surface area contributed by atoms with Crippen LogP contribution in [0.1, 0.15) is 33.1 Å². The Kier molecular flexibility index (Phi) is 8.21. The number of rotatable bonds is 10. The fraction of sp³-hybridized carbons (Fsp3) is 0.625. The smallest absolute Gasteiger partial charge is 0.246 e. The normalized spacial score (nSPS) is 13.7. The standard InChI is InChI=1S/C16H26F2N2O3S/c1-12(2)10-20(14(11-21)5-3-4-8-19)24(22,23)16-7-6-13(17)9-15(16)18/h6-7,9,12,14,21H,3-5,8,10-11,19H2,1-2H3. The maximum absolute atomic E-state index is 14.0. The molecule has 1 aromatic rings. The highest BCUT2D eigenvalue weighted by Crippen LogP contribution is 2.25. The molecule has 1 unspecified atom stereocenters. The summed E-state index contributed by atoms with van der Waals surface area (Å²) in [5, 5.41) is 9.64. The largest absolute Gasteiger partial charge is 0.395 e. The molecule has 0 saturated heterocycles. The van der Waals surface area contributed by atoms with Crippen LogP contribution in [0, 0.1) is 17.6 Å². The number of sulfonamides is 1. The summed E-state index contributed by atoms with van der Waals surface area (Å²) in [5.74, 6) is -2.00. The van der Waals surface area contributed by atoms with Gasteiger partial charge in [0.2, 0.25) is 10.0 Å². The van der Waals surface area contributed by atoms with Gasteiger partial charge in [-0.05, 0) is 37.4 Å². The van der Waals surface area contributed by atoms with Gasteiger partial charge in [0.05, 0.1) is 6.61 Å². The van der Waals surface area contributed by atoms with Gasteiger partial charge in [-0.3, -0.25) is 0 Å². The van der Waals surface area contributed by atoms with E-state index in [-0.39, 0.29) is 19.1 Å². The number of halogens is 2. The molecule has 1 aromatic carbocycles. The molecule has 24 heavy (non-hydrogen) atoms. The zero-order chi connectivity index (χ0) is 18.3. The third-order valence-corrected chi connectivity index (χ3v) is 5.59. The number of hydrogen-bond acceptors (Lipinski definition) is 4. The number of nitrogens with zero attached hydrogens (tertiary/aromatic N) is 1.